The number of aliphatic hydroxyl groups is 1. The number of aromatic nitrogens is 1. The summed E-state index contributed by atoms with van der Waals surface area (Å²) in [4.78, 5) is 43.1. The number of ether oxygens (including phenoxy) is 2. The summed E-state index contributed by atoms with van der Waals surface area (Å²) in [6.45, 7) is 4.32. The van der Waals surface area contributed by atoms with Gasteiger partial charge >= 0.3 is 5.97 Å². The smallest absolute Gasteiger partial charge is 0.342 e. The van der Waals surface area contributed by atoms with E-state index in [-0.39, 0.29) is 31.2 Å². The van der Waals surface area contributed by atoms with E-state index in [1.165, 1.54) is 12.1 Å². The molecule has 1 fully saturated rings. The zero-order chi connectivity index (χ0) is 27.5. The second kappa shape index (κ2) is 9.16. The number of hydrogen-bond donors (Lipinski definition) is 1. The fourth-order valence-electron chi connectivity index (χ4n) is 5.92. The molecule has 3 atom stereocenters. The van der Waals surface area contributed by atoms with E-state index in [9.17, 15) is 24.8 Å². The molecule has 6 rings (SSSR count). The molecular formula is C29H27N3O7. The van der Waals surface area contributed by atoms with Gasteiger partial charge in [0.25, 0.3) is 5.69 Å². The molecule has 0 spiro atoms. The maximum atomic E-state index is 13.5. The van der Waals surface area contributed by atoms with Crippen LogP contribution in [0, 0.1) is 16.0 Å². The second-order valence-electron chi connectivity index (χ2n) is 10.1. The molecule has 0 radical (unpaired) electrons. The molecule has 10 nitrogen and oxygen atoms in total. The predicted molar refractivity (Wildman–Crippen MR) is 140 cm³/mol. The van der Waals surface area contributed by atoms with Crippen LogP contribution in [0.2, 0.25) is 0 Å². The van der Waals surface area contributed by atoms with Gasteiger partial charge in [-0.1, -0.05) is 19.9 Å². The molecule has 1 saturated heterocycles. The van der Waals surface area contributed by atoms with Crippen LogP contribution in [0.3, 0.4) is 0 Å². The topological polar surface area (TPSA) is 132 Å². The average molecular weight is 530 g/mol. The third-order valence-corrected chi connectivity index (χ3v) is 8.06. The summed E-state index contributed by atoms with van der Waals surface area (Å²) in [5, 5.41) is 22.9. The third-order valence-electron chi connectivity index (χ3n) is 8.06. The number of amides is 1. The maximum absolute atomic E-state index is 13.5. The molecule has 200 valence electrons. The lowest BCUT2D eigenvalue weighted by molar-refractivity contribution is -0.384. The Morgan fingerprint density at radius 1 is 1.21 bits per heavy atom. The van der Waals surface area contributed by atoms with E-state index in [2.05, 4.69) is 6.92 Å². The van der Waals surface area contributed by atoms with Crippen LogP contribution in [0.4, 0.5) is 5.69 Å². The number of carbonyl (C=O) groups excluding carboxylic acids is 2. The monoisotopic (exact) mass is 529 g/mol. The summed E-state index contributed by atoms with van der Waals surface area (Å²) >= 11 is 0. The van der Waals surface area contributed by atoms with Crippen molar-refractivity contribution in [3.8, 4) is 5.75 Å². The average Bonchev–Trinajstić information content (AvgIpc) is 3.31. The molecule has 2 unspecified atom stereocenters. The highest BCUT2D eigenvalue weighted by molar-refractivity contribution is 5.94. The molecule has 3 aliphatic rings. The van der Waals surface area contributed by atoms with Crippen LogP contribution in [0.1, 0.15) is 48.7 Å². The van der Waals surface area contributed by atoms with Gasteiger partial charge in [0.05, 0.1) is 28.1 Å². The number of nitrogens with zero attached hydrogens (tertiary/aromatic N) is 3. The lowest BCUT2D eigenvalue weighted by Gasteiger charge is -2.42. The number of fused-ring (bicyclic) bond motifs is 5. The second-order valence-corrected chi connectivity index (χ2v) is 10.1. The van der Waals surface area contributed by atoms with Crippen molar-refractivity contribution in [1.82, 2.24) is 9.88 Å². The molecule has 3 aliphatic heterocycles. The third kappa shape index (κ3) is 3.85. The molecule has 1 aromatic heterocycles. The molecule has 10 heteroatoms. The van der Waals surface area contributed by atoms with Gasteiger partial charge in [0.1, 0.15) is 19.0 Å². The van der Waals surface area contributed by atoms with Crippen molar-refractivity contribution < 1.29 is 29.1 Å². The van der Waals surface area contributed by atoms with Crippen LogP contribution in [0.25, 0.3) is 10.9 Å². The van der Waals surface area contributed by atoms with Crippen molar-refractivity contribution in [3.05, 3.63) is 86.6 Å². The van der Waals surface area contributed by atoms with Crippen LogP contribution in [0.5, 0.6) is 5.75 Å². The Labute approximate surface area is 224 Å². The highest BCUT2D eigenvalue weighted by Gasteiger charge is 2.54. The van der Waals surface area contributed by atoms with E-state index >= 15 is 0 Å². The minimum absolute atomic E-state index is 0.0279. The van der Waals surface area contributed by atoms with Crippen LogP contribution in [-0.2, 0) is 33.9 Å². The summed E-state index contributed by atoms with van der Waals surface area (Å²) in [6, 6.07) is 11.4. The first-order chi connectivity index (χ1) is 18.7. The standard InChI is InChI=1S/C29H27N3O7/c1-3-19-20-11-18(38-14-16-5-7-17(8-6-16)32(36)37)9-10-24(20)30-26-21(19)13-31-25(26)12-23-22(27(31)33)15-39-28(34)29(23,35)4-2/h5-12,22,25,35H,3-4,13-15H2,1-2H3/t22?,25?,29-/m0/s1. The number of nitro benzene ring substituents is 1. The Morgan fingerprint density at radius 2 is 1.97 bits per heavy atom. The van der Waals surface area contributed by atoms with Gasteiger partial charge in [0.2, 0.25) is 5.91 Å². The Morgan fingerprint density at radius 3 is 2.67 bits per heavy atom. The normalized spacial score (nSPS) is 23.6. The molecule has 39 heavy (non-hydrogen) atoms. The maximum Gasteiger partial charge on any atom is 0.342 e. The summed E-state index contributed by atoms with van der Waals surface area (Å²) in [5.41, 5.74) is 3.00. The van der Waals surface area contributed by atoms with Gasteiger partial charge in [-0.25, -0.2) is 9.78 Å². The number of benzene rings is 2. The summed E-state index contributed by atoms with van der Waals surface area (Å²) in [6.07, 6.45) is 2.67. The number of cyclic esters (lactones) is 1. The highest BCUT2D eigenvalue weighted by Crippen LogP contribution is 2.47. The van der Waals surface area contributed by atoms with Crippen LogP contribution < -0.4 is 4.74 Å². The van der Waals surface area contributed by atoms with Gasteiger partial charge in [-0.05, 0) is 65.4 Å². The molecule has 4 heterocycles. The van der Waals surface area contributed by atoms with E-state index < -0.39 is 28.5 Å². The van der Waals surface area contributed by atoms with E-state index in [1.807, 2.05) is 24.3 Å². The van der Waals surface area contributed by atoms with Gasteiger partial charge in [-0.2, -0.15) is 0 Å². The highest BCUT2D eigenvalue weighted by atomic mass is 16.6. The molecule has 1 amide bonds. The molecule has 1 N–H and O–H groups in total. The zero-order valence-electron chi connectivity index (χ0n) is 21.5. The van der Waals surface area contributed by atoms with Crippen LogP contribution in [-0.4, -0.2) is 44.0 Å². The number of hydrogen-bond acceptors (Lipinski definition) is 8. The number of aryl methyl sites for hydroxylation is 1. The number of esters is 1. The first kappa shape index (κ1) is 25.0. The summed E-state index contributed by atoms with van der Waals surface area (Å²) in [7, 11) is 0. The first-order valence-electron chi connectivity index (χ1n) is 13.0. The quantitative estimate of drug-likeness (QED) is 0.220. The summed E-state index contributed by atoms with van der Waals surface area (Å²) in [5.74, 6) is -0.944. The fourth-order valence-corrected chi connectivity index (χ4v) is 5.92. The SMILES string of the molecule is CCc1c2c(nc3ccc(OCc4ccc([N+](=O)[O-])cc4)cc13)C1C=C3C(COC(=O)[C@]3(O)CC)C(=O)N1C2. The van der Waals surface area contributed by atoms with E-state index in [0.717, 1.165) is 33.3 Å². The van der Waals surface area contributed by atoms with Gasteiger partial charge in [0, 0.05) is 24.1 Å². The number of rotatable bonds is 6. The zero-order valence-corrected chi connectivity index (χ0v) is 21.5. The first-order valence-corrected chi connectivity index (χ1v) is 13.0. The molecule has 0 aliphatic carbocycles. The largest absolute Gasteiger partial charge is 0.489 e. The van der Waals surface area contributed by atoms with Gasteiger partial charge in [0.15, 0.2) is 5.60 Å². The van der Waals surface area contributed by atoms with Gasteiger partial charge in [-0.15, -0.1) is 0 Å². The van der Waals surface area contributed by atoms with Crippen molar-refractivity contribution in [2.45, 2.75) is 51.5 Å². The van der Waals surface area contributed by atoms with Crippen LogP contribution in [0.15, 0.2) is 54.1 Å². The van der Waals surface area contributed by atoms with Gasteiger partial charge < -0.3 is 19.5 Å². The Balaban J connectivity index is 1.35. The predicted octanol–water partition coefficient (Wildman–Crippen LogP) is 3.92. The number of nitro groups is 1. The lowest BCUT2D eigenvalue weighted by Crippen LogP contribution is -2.55. The van der Waals surface area contributed by atoms with E-state index in [0.29, 0.717) is 24.3 Å². The Hall–Kier alpha value is -4.31. The Bertz CT molecular complexity index is 1570. The minimum Gasteiger partial charge on any atom is -0.489 e. The summed E-state index contributed by atoms with van der Waals surface area (Å²) < 4.78 is 11.2. The van der Waals surface area contributed by atoms with Crippen molar-refractivity contribution in [1.29, 1.82) is 0 Å². The molecule has 2 aromatic carbocycles. The molecule has 3 aromatic rings. The fraction of sp³-hybridized carbons (Fsp3) is 0.345. The number of pyridine rings is 1. The van der Waals surface area contributed by atoms with E-state index in [4.69, 9.17) is 14.5 Å². The van der Waals surface area contributed by atoms with Crippen molar-refractivity contribution in [2.75, 3.05) is 6.61 Å². The van der Waals surface area contributed by atoms with Crippen molar-refractivity contribution in [2.24, 2.45) is 5.92 Å². The van der Waals surface area contributed by atoms with Gasteiger partial charge in [-0.3, -0.25) is 14.9 Å². The minimum atomic E-state index is -1.81. The molecular weight excluding hydrogens is 502 g/mol. The Kier molecular flexibility index (Phi) is 5.87. The molecule has 0 saturated carbocycles. The van der Waals surface area contributed by atoms with Crippen LogP contribution >= 0.6 is 0 Å². The lowest BCUT2D eigenvalue weighted by atomic mass is 9.76. The number of non-ortho nitro benzene ring substituents is 1. The van der Waals surface area contributed by atoms with E-state index in [1.54, 1.807) is 24.0 Å². The molecule has 0 bridgehead atoms. The number of carbonyl (C=O) groups is 2. The van der Waals surface area contributed by atoms with Crippen molar-refractivity contribution >= 4 is 28.5 Å². The van der Waals surface area contributed by atoms with Crippen molar-refractivity contribution in [3.63, 3.8) is 0 Å².